The molecule has 38 heavy (non-hydrogen) atoms. The predicted octanol–water partition coefficient (Wildman–Crippen LogP) is 7.98. The molecule has 5 nitrogen and oxygen atoms in total. The third kappa shape index (κ3) is 7.70. The molecule has 1 N–H and O–H groups in total. The second kappa shape index (κ2) is 15.0. The number of unbranched alkanes of at least 4 members (excludes halogenated alkanes) is 4. The molecular weight excluding hydrogens is 653 g/mol. The van der Waals surface area contributed by atoms with Crippen molar-refractivity contribution in [3.05, 3.63) is 103 Å². The molecule has 0 atom stereocenters. The van der Waals surface area contributed by atoms with E-state index in [9.17, 15) is 4.79 Å². The summed E-state index contributed by atoms with van der Waals surface area (Å²) in [6, 6.07) is 28.7. The van der Waals surface area contributed by atoms with Gasteiger partial charge in [0.1, 0.15) is 0 Å². The first kappa shape index (κ1) is 29.0. The number of hydrogen-bond donors (Lipinski definition) is 1. The van der Waals surface area contributed by atoms with Gasteiger partial charge in [-0.15, -0.1) is 29.8 Å². The number of rotatable bonds is 9. The minimum absolute atomic E-state index is 0. The number of carboxylic acids is 1. The molecule has 6 heteroatoms. The third-order valence-electron chi connectivity index (χ3n) is 6.11. The molecule has 0 bridgehead atoms. The number of pyridine rings is 2. The van der Waals surface area contributed by atoms with Gasteiger partial charge < -0.3 is 14.8 Å². The molecule has 0 saturated heterocycles. The Hall–Kier alpha value is -3.60. The fraction of sp³-hybridized carbons (Fsp3) is 0.219. The van der Waals surface area contributed by atoms with Gasteiger partial charge in [0, 0.05) is 43.6 Å². The van der Waals surface area contributed by atoms with Gasteiger partial charge in [-0.1, -0.05) is 81.1 Å². The van der Waals surface area contributed by atoms with Crippen molar-refractivity contribution in [1.29, 1.82) is 0 Å². The summed E-state index contributed by atoms with van der Waals surface area (Å²) in [5, 5.41) is 12.7. The summed E-state index contributed by atoms with van der Waals surface area (Å²) in [7, 11) is 0. The standard InChI is InChI=1S/C22H24NO.C10H7NO2.Ir/c1-2-3-4-5-8-17-24-20-13-11-19(12-14-20)22-21-10-7-6-9-18(21)15-16-23-22;12-10(13)9-8-4-2-1-3-7(8)5-6-11-9;/h6-7,9-11,13-16H,2-5,8,17H2,1H3;1-6H,(H,12,13);/q-1;;. The van der Waals surface area contributed by atoms with Gasteiger partial charge in [-0.2, -0.15) is 0 Å². The summed E-state index contributed by atoms with van der Waals surface area (Å²) in [5.41, 5.74) is 2.08. The Morgan fingerprint density at radius 3 is 2.16 bits per heavy atom. The number of benzene rings is 3. The average molecular weight is 684 g/mol. The van der Waals surface area contributed by atoms with Crippen LogP contribution in [0.5, 0.6) is 5.75 Å². The van der Waals surface area contributed by atoms with Crippen LogP contribution in [-0.2, 0) is 20.1 Å². The Balaban J connectivity index is 0.000000242. The van der Waals surface area contributed by atoms with Crippen LogP contribution in [0.15, 0.2) is 91.3 Å². The Kier molecular flexibility index (Phi) is 11.4. The number of carbonyl (C=O) groups is 1. The molecule has 0 aliphatic rings. The molecule has 0 aliphatic heterocycles. The van der Waals surface area contributed by atoms with E-state index >= 15 is 0 Å². The van der Waals surface area contributed by atoms with Gasteiger partial charge in [0.25, 0.3) is 0 Å². The molecule has 0 fully saturated rings. The van der Waals surface area contributed by atoms with Crippen LogP contribution in [0, 0.1) is 6.07 Å². The SMILES string of the molecule is CCCCCCCOc1c[c-]c(-c2nccc3ccccc23)cc1.O=C(O)c1nccc2ccccc12.[Ir]. The second-order valence-corrected chi connectivity index (χ2v) is 8.77. The van der Waals surface area contributed by atoms with Crippen LogP contribution >= 0.6 is 0 Å². The van der Waals surface area contributed by atoms with Crippen molar-refractivity contribution in [3.63, 3.8) is 0 Å². The van der Waals surface area contributed by atoms with Crippen LogP contribution in [0.3, 0.4) is 0 Å². The molecule has 0 spiro atoms. The molecule has 5 aromatic rings. The van der Waals surface area contributed by atoms with Crippen LogP contribution in [0.25, 0.3) is 32.8 Å². The van der Waals surface area contributed by atoms with Gasteiger partial charge in [-0.05, 0) is 40.4 Å². The van der Waals surface area contributed by atoms with E-state index in [-0.39, 0.29) is 25.8 Å². The maximum atomic E-state index is 10.8. The van der Waals surface area contributed by atoms with Crippen molar-refractivity contribution >= 4 is 27.5 Å². The van der Waals surface area contributed by atoms with Crippen LogP contribution in [0.2, 0.25) is 0 Å². The average Bonchev–Trinajstić information content (AvgIpc) is 2.95. The summed E-state index contributed by atoms with van der Waals surface area (Å²) < 4.78 is 5.81. The van der Waals surface area contributed by atoms with Crippen molar-refractivity contribution in [2.24, 2.45) is 0 Å². The summed E-state index contributed by atoms with van der Waals surface area (Å²) >= 11 is 0. The number of fused-ring (bicyclic) bond motifs is 2. The molecule has 197 valence electrons. The van der Waals surface area contributed by atoms with Crippen LogP contribution in [-0.4, -0.2) is 27.7 Å². The molecule has 2 aromatic heterocycles. The number of carboxylic acid groups (broad SMARTS) is 1. The number of aromatic carboxylic acids is 1. The zero-order valence-electron chi connectivity index (χ0n) is 21.4. The quantitative estimate of drug-likeness (QED) is 0.126. The van der Waals surface area contributed by atoms with Gasteiger partial charge in [0.15, 0.2) is 5.69 Å². The molecule has 5 rings (SSSR count). The van der Waals surface area contributed by atoms with E-state index in [1.807, 2.05) is 54.7 Å². The van der Waals surface area contributed by atoms with E-state index in [1.54, 1.807) is 18.2 Å². The molecule has 0 aliphatic carbocycles. The van der Waals surface area contributed by atoms with E-state index in [4.69, 9.17) is 9.84 Å². The van der Waals surface area contributed by atoms with E-state index < -0.39 is 5.97 Å². The van der Waals surface area contributed by atoms with Crippen molar-refractivity contribution < 1.29 is 34.7 Å². The summed E-state index contributed by atoms with van der Waals surface area (Å²) in [6.07, 6.45) is 9.62. The minimum atomic E-state index is -0.989. The van der Waals surface area contributed by atoms with Gasteiger partial charge in [-0.25, -0.2) is 9.78 Å². The first-order valence-corrected chi connectivity index (χ1v) is 12.7. The molecule has 0 unspecified atom stereocenters. The summed E-state index contributed by atoms with van der Waals surface area (Å²) in [6.45, 7) is 3.02. The van der Waals surface area contributed by atoms with Gasteiger partial charge >= 0.3 is 5.97 Å². The largest absolute Gasteiger partial charge is 0.537 e. The zero-order chi connectivity index (χ0) is 25.9. The van der Waals surface area contributed by atoms with Crippen molar-refractivity contribution in [2.75, 3.05) is 6.61 Å². The van der Waals surface area contributed by atoms with Crippen LogP contribution in [0.4, 0.5) is 0 Å². The number of hydrogen-bond acceptors (Lipinski definition) is 4. The molecule has 0 amide bonds. The van der Waals surface area contributed by atoms with E-state index in [0.29, 0.717) is 5.39 Å². The van der Waals surface area contributed by atoms with Crippen molar-refractivity contribution in [2.45, 2.75) is 39.0 Å². The Bertz CT molecular complexity index is 1440. The Labute approximate surface area is 237 Å². The number of ether oxygens (including phenoxy) is 1. The van der Waals surface area contributed by atoms with E-state index in [0.717, 1.165) is 40.8 Å². The molecule has 0 saturated carbocycles. The first-order chi connectivity index (χ1) is 18.2. The fourth-order valence-corrected chi connectivity index (χ4v) is 4.17. The van der Waals surface area contributed by atoms with Crippen LogP contribution in [0.1, 0.15) is 49.5 Å². The molecule has 1 radical (unpaired) electrons. The van der Waals surface area contributed by atoms with E-state index in [2.05, 4.69) is 35.1 Å². The Morgan fingerprint density at radius 2 is 1.47 bits per heavy atom. The predicted molar refractivity (Wildman–Crippen MR) is 149 cm³/mol. The summed E-state index contributed by atoms with van der Waals surface area (Å²) in [4.78, 5) is 19.1. The maximum absolute atomic E-state index is 10.8. The number of aromatic nitrogens is 2. The maximum Gasteiger partial charge on any atom is 0.355 e. The van der Waals surface area contributed by atoms with Gasteiger partial charge in [0.2, 0.25) is 0 Å². The fourth-order valence-electron chi connectivity index (χ4n) is 4.17. The topological polar surface area (TPSA) is 72.3 Å². The van der Waals surface area contributed by atoms with Crippen LogP contribution < -0.4 is 4.74 Å². The van der Waals surface area contributed by atoms with Crippen molar-refractivity contribution in [3.8, 4) is 17.0 Å². The summed E-state index contributed by atoms with van der Waals surface area (Å²) in [5.74, 6) is -0.105. The smallest absolute Gasteiger partial charge is 0.355 e. The van der Waals surface area contributed by atoms with Crippen molar-refractivity contribution in [1.82, 2.24) is 9.97 Å². The minimum Gasteiger partial charge on any atom is -0.537 e. The first-order valence-electron chi connectivity index (χ1n) is 12.7. The van der Waals surface area contributed by atoms with E-state index in [1.165, 1.54) is 37.3 Å². The Morgan fingerprint density at radius 1 is 0.816 bits per heavy atom. The molecular formula is C32H31IrN2O3-. The molecule has 3 aromatic carbocycles. The number of nitrogens with zero attached hydrogens (tertiary/aromatic N) is 2. The van der Waals surface area contributed by atoms with Gasteiger partial charge in [0.05, 0.1) is 6.61 Å². The van der Waals surface area contributed by atoms with Gasteiger partial charge in [-0.3, -0.25) is 0 Å². The second-order valence-electron chi connectivity index (χ2n) is 8.77. The molecule has 2 heterocycles. The zero-order valence-corrected chi connectivity index (χ0v) is 23.8. The normalized spacial score (nSPS) is 10.3. The third-order valence-corrected chi connectivity index (χ3v) is 6.11. The monoisotopic (exact) mass is 684 g/mol.